The Bertz CT molecular complexity index is 794. The van der Waals surface area contributed by atoms with Gasteiger partial charge in [0.1, 0.15) is 12.4 Å². The summed E-state index contributed by atoms with van der Waals surface area (Å²) in [5.41, 5.74) is 1.96. The molecule has 1 unspecified atom stereocenters. The predicted octanol–water partition coefficient (Wildman–Crippen LogP) is 2.70. The van der Waals surface area contributed by atoms with Gasteiger partial charge >= 0.3 is 0 Å². The number of hydrogen-bond acceptors (Lipinski definition) is 4. The van der Waals surface area contributed by atoms with Gasteiger partial charge in [0.25, 0.3) is 5.91 Å². The van der Waals surface area contributed by atoms with Gasteiger partial charge < -0.3 is 19.7 Å². The number of para-hydroxylation sites is 1. The van der Waals surface area contributed by atoms with Crippen LogP contribution >= 0.6 is 0 Å². The molecular formula is C22H26N2O4. The van der Waals surface area contributed by atoms with Gasteiger partial charge in [-0.3, -0.25) is 9.59 Å². The maximum atomic E-state index is 12.2. The third kappa shape index (κ3) is 5.82. The molecule has 2 aromatic carbocycles. The molecule has 2 amide bonds. The number of aryl methyl sites for hydroxylation is 1. The van der Waals surface area contributed by atoms with E-state index in [1.54, 1.807) is 4.90 Å². The number of carbonyl (C=O) groups excluding carboxylic acids is 2. The highest BCUT2D eigenvalue weighted by Gasteiger charge is 2.27. The molecule has 1 fully saturated rings. The lowest BCUT2D eigenvalue weighted by Gasteiger charge is -2.33. The molecule has 28 heavy (non-hydrogen) atoms. The van der Waals surface area contributed by atoms with Crippen LogP contribution in [0.3, 0.4) is 0 Å². The molecule has 1 atom stereocenters. The minimum Gasteiger partial charge on any atom is -0.494 e. The van der Waals surface area contributed by atoms with E-state index in [0.717, 1.165) is 17.0 Å². The van der Waals surface area contributed by atoms with E-state index in [2.05, 4.69) is 5.32 Å². The molecule has 1 N–H and O–H groups in total. The summed E-state index contributed by atoms with van der Waals surface area (Å²) >= 11 is 0. The number of nitrogens with zero attached hydrogens (tertiary/aromatic N) is 1. The van der Waals surface area contributed by atoms with Crippen LogP contribution in [0.25, 0.3) is 0 Å². The quantitative estimate of drug-likeness (QED) is 0.713. The number of rotatable bonds is 8. The summed E-state index contributed by atoms with van der Waals surface area (Å²) in [6.45, 7) is 3.33. The highest BCUT2D eigenvalue weighted by molar-refractivity contribution is 5.95. The number of carbonyl (C=O) groups is 2. The normalized spacial score (nSPS) is 16.7. The summed E-state index contributed by atoms with van der Waals surface area (Å²) in [5.74, 6) is 0.699. The highest BCUT2D eigenvalue weighted by Crippen LogP contribution is 2.19. The van der Waals surface area contributed by atoms with Gasteiger partial charge in [-0.2, -0.15) is 0 Å². The van der Waals surface area contributed by atoms with E-state index >= 15 is 0 Å². The fourth-order valence-corrected chi connectivity index (χ4v) is 3.05. The van der Waals surface area contributed by atoms with Crippen LogP contribution in [0.1, 0.15) is 18.4 Å². The topological polar surface area (TPSA) is 67.9 Å². The van der Waals surface area contributed by atoms with E-state index in [9.17, 15) is 9.59 Å². The molecule has 148 valence electrons. The van der Waals surface area contributed by atoms with E-state index in [4.69, 9.17) is 9.47 Å². The zero-order valence-electron chi connectivity index (χ0n) is 16.1. The van der Waals surface area contributed by atoms with Crippen molar-refractivity contribution in [3.05, 3.63) is 60.2 Å². The molecule has 0 aromatic heterocycles. The molecule has 6 heteroatoms. The number of morpholine rings is 1. The largest absolute Gasteiger partial charge is 0.494 e. The van der Waals surface area contributed by atoms with Crippen LogP contribution in [0.15, 0.2) is 54.6 Å². The lowest BCUT2D eigenvalue weighted by atomic mass is 10.1. The molecule has 0 aliphatic carbocycles. The Morgan fingerprint density at radius 3 is 2.82 bits per heavy atom. The Morgan fingerprint density at radius 1 is 1.21 bits per heavy atom. The van der Waals surface area contributed by atoms with Crippen molar-refractivity contribution >= 4 is 17.5 Å². The fraction of sp³-hybridized carbons (Fsp3) is 0.364. The van der Waals surface area contributed by atoms with Crippen LogP contribution in [-0.2, 0) is 14.3 Å². The zero-order chi connectivity index (χ0) is 19.8. The van der Waals surface area contributed by atoms with Crippen molar-refractivity contribution in [1.82, 2.24) is 5.32 Å². The average molecular weight is 382 g/mol. The molecule has 0 bridgehead atoms. The van der Waals surface area contributed by atoms with Gasteiger partial charge in [0.15, 0.2) is 0 Å². The van der Waals surface area contributed by atoms with Crippen LogP contribution in [0.4, 0.5) is 5.69 Å². The Morgan fingerprint density at radius 2 is 2.04 bits per heavy atom. The molecule has 6 nitrogen and oxygen atoms in total. The molecule has 1 saturated heterocycles. The molecule has 1 heterocycles. The lowest BCUT2D eigenvalue weighted by molar-refractivity contribution is -0.129. The summed E-state index contributed by atoms with van der Waals surface area (Å²) < 4.78 is 11.2. The number of hydrogen-bond donors (Lipinski definition) is 1. The first kappa shape index (κ1) is 19.9. The molecule has 0 saturated carbocycles. The minimum atomic E-state index is -0.220. The number of anilines is 1. The van der Waals surface area contributed by atoms with E-state index in [0.29, 0.717) is 32.5 Å². The molecule has 1 aliphatic rings. The molecule has 1 aliphatic heterocycles. The SMILES string of the molecule is Cc1cccc(N2CC(CNC(=O)CCCOc3ccccc3)OCC2=O)c1. The van der Waals surface area contributed by atoms with Crippen LogP contribution in [0, 0.1) is 6.92 Å². The van der Waals surface area contributed by atoms with Crippen molar-refractivity contribution in [2.24, 2.45) is 0 Å². The van der Waals surface area contributed by atoms with Gasteiger partial charge in [0, 0.05) is 18.7 Å². The summed E-state index contributed by atoms with van der Waals surface area (Å²) in [6, 6.07) is 17.4. The van der Waals surface area contributed by atoms with Crippen LogP contribution < -0.4 is 15.0 Å². The van der Waals surface area contributed by atoms with Crippen molar-refractivity contribution in [2.75, 3.05) is 31.2 Å². The Balaban J connectivity index is 1.39. The molecule has 0 radical (unpaired) electrons. The van der Waals surface area contributed by atoms with Gasteiger partial charge in [0.2, 0.25) is 5.91 Å². The highest BCUT2D eigenvalue weighted by atomic mass is 16.5. The van der Waals surface area contributed by atoms with Crippen molar-refractivity contribution in [2.45, 2.75) is 25.9 Å². The minimum absolute atomic E-state index is 0.0272. The smallest absolute Gasteiger partial charge is 0.253 e. The van der Waals surface area contributed by atoms with Crippen molar-refractivity contribution in [3.63, 3.8) is 0 Å². The number of ether oxygens (including phenoxy) is 2. The number of benzene rings is 2. The van der Waals surface area contributed by atoms with E-state index in [1.807, 2.05) is 61.5 Å². The Labute approximate surface area is 165 Å². The second-order valence-corrected chi connectivity index (χ2v) is 6.85. The first-order valence-electron chi connectivity index (χ1n) is 9.55. The summed E-state index contributed by atoms with van der Waals surface area (Å²) in [5, 5.41) is 2.89. The van der Waals surface area contributed by atoms with Gasteiger partial charge in [-0.25, -0.2) is 0 Å². The van der Waals surface area contributed by atoms with Gasteiger partial charge in [-0.15, -0.1) is 0 Å². The van der Waals surface area contributed by atoms with Crippen LogP contribution in [0.5, 0.6) is 5.75 Å². The second-order valence-electron chi connectivity index (χ2n) is 6.85. The first-order chi connectivity index (χ1) is 13.6. The third-order valence-electron chi connectivity index (χ3n) is 4.53. The van der Waals surface area contributed by atoms with Gasteiger partial charge in [0.05, 0.1) is 19.3 Å². The maximum absolute atomic E-state index is 12.2. The fourth-order valence-electron chi connectivity index (χ4n) is 3.05. The third-order valence-corrected chi connectivity index (χ3v) is 4.53. The Hall–Kier alpha value is -2.86. The van der Waals surface area contributed by atoms with Crippen molar-refractivity contribution in [1.29, 1.82) is 0 Å². The lowest BCUT2D eigenvalue weighted by Crippen LogP contribution is -2.50. The van der Waals surface area contributed by atoms with E-state index < -0.39 is 0 Å². The summed E-state index contributed by atoms with van der Waals surface area (Å²) in [4.78, 5) is 26.0. The molecule has 3 rings (SSSR count). The van der Waals surface area contributed by atoms with Crippen LogP contribution in [-0.4, -0.2) is 44.2 Å². The number of nitrogens with one attached hydrogen (secondary N) is 1. The monoisotopic (exact) mass is 382 g/mol. The Kier molecular flexibility index (Phi) is 7.03. The molecule has 2 aromatic rings. The van der Waals surface area contributed by atoms with Crippen molar-refractivity contribution < 1.29 is 19.1 Å². The number of amides is 2. The second kappa shape index (κ2) is 9.90. The molecular weight excluding hydrogens is 356 g/mol. The maximum Gasteiger partial charge on any atom is 0.253 e. The van der Waals surface area contributed by atoms with Gasteiger partial charge in [-0.05, 0) is 43.2 Å². The van der Waals surface area contributed by atoms with Gasteiger partial charge in [-0.1, -0.05) is 30.3 Å². The predicted molar refractivity (Wildman–Crippen MR) is 107 cm³/mol. The first-order valence-corrected chi connectivity index (χ1v) is 9.55. The zero-order valence-corrected chi connectivity index (χ0v) is 16.1. The van der Waals surface area contributed by atoms with Crippen molar-refractivity contribution in [3.8, 4) is 5.75 Å². The van der Waals surface area contributed by atoms with Crippen LogP contribution in [0.2, 0.25) is 0 Å². The summed E-state index contributed by atoms with van der Waals surface area (Å²) in [7, 11) is 0. The standard InChI is InChI=1S/C22H26N2O4/c1-17-7-5-8-18(13-17)24-15-20(28-16-22(24)26)14-23-21(25)11-6-12-27-19-9-3-2-4-10-19/h2-5,7-10,13,20H,6,11-12,14-16H2,1H3,(H,23,25). The average Bonchev–Trinajstić information content (AvgIpc) is 2.71. The summed E-state index contributed by atoms with van der Waals surface area (Å²) in [6.07, 6.45) is 0.808. The molecule has 0 spiro atoms. The van der Waals surface area contributed by atoms with E-state index in [1.165, 1.54) is 0 Å². The van der Waals surface area contributed by atoms with E-state index in [-0.39, 0.29) is 24.5 Å².